The number of rotatable bonds is 49. The molecule has 0 aliphatic heterocycles. The highest BCUT2D eigenvalue weighted by Gasteiger charge is 2.11. The standard InChI is InChI=1S/C23H39OP.2C22H39O2P3/c1-4-6-8-9-10-11-12-13-14-15-16-17-19-21-23(24-25)22(3)20-18-7-5-2;2*1-3-5-7-14-17-21(23-25)18-15-11-9-8-10-12-16-20-22(24-27-26)19-13-6-4-2/h7,11-12,14-19,21-23H,4-6,8-10,13,20,25H2,1-3H3;2*6,9-13,15-16,18,20-22,27H,3-5,7-8,14,17,19,25-26H2,1-2H3/b;11-9-,12-10-,13-6-,18-15+,20-16+;. The maximum atomic E-state index is 5.70. The Morgan fingerprint density at radius 3 is 1.10 bits per heavy atom. The topological polar surface area (TPSA) is 46.2 Å². The molecule has 0 saturated carbocycles. The van der Waals surface area contributed by atoms with Gasteiger partial charge >= 0.3 is 0 Å². The molecule has 0 aromatic rings. The van der Waals surface area contributed by atoms with Crippen molar-refractivity contribution < 1.29 is 22.6 Å². The normalized spacial score (nSPS) is 15.6. The van der Waals surface area contributed by atoms with Crippen LogP contribution in [-0.4, -0.2) is 30.5 Å². The lowest BCUT2D eigenvalue weighted by Crippen LogP contribution is -2.14. The first kappa shape index (κ1) is 82.1. The van der Waals surface area contributed by atoms with Crippen molar-refractivity contribution in [2.45, 2.75) is 233 Å². The molecule has 450 valence electrons. The van der Waals surface area contributed by atoms with E-state index < -0.39 is 0 Å². The summed E-state index contributed by atoms with van der Waals surface area (Å²) in [5.41, 5.74) is 0. The summed E-state index contributed by atoms with van der Waals surface area (Å²) >= 11 is 0. The van der Waals surface area contributed by atoms with Crippen LogP contribution in [0.1, 0.15) is 203 Å². The molecule has 0 aliphatic carbocycles. The molecule has 12 heteroatoms. The SMILES string of the molecule is CC/C=C\CC(/C=C/C=C\C/C=C\C=C\C(CCCCCC)OP)OPP.CCC=CCC(C)C(C=CC=CC=CCC=CCCCCCC)OP.CCC=CCC(C=CC=CCC=CC=CC(CCCCCC)OP)OPP. The Morgan fingerprint density at radius 2 is 0.709 bits per heavy atom. The highest BCUT2D eigenvalue weighted by molar-refractivity contribution is 8.00. The third-order valence-electron chi connectivity index (χ3n) is 11.9. The molecule has 5 nitrogen and oxygen atoms in total. The highest BCUT2D eigenvalue weighted by Crippen LogP contribution is 2.27. The molecule has 0 amide bonds. The zero-order chi connectivity index (χ0) is 58.6. The van der Waals surface area contributed by atoms with Gasteiger partial charge in [0, 0.05) is 45.4 Å². The van der Waals surface area contributed by atoms with Crippen LogP contribution in [-0.2, 0) is 22.6 Å². The van der Waals surface area contributed by atoms with Crippen LogP contribution < -0.4 is 0 Å². The van der Waals surface area contributed by atoms with Gasteiger partial charge in [0.05, 0.1) is 30.5 Å². The van der Waals surface area contributed by atoms with Crippen molar-refractivity contribution in [2.24, 2.45) is 5.92 Å². The van der Waals surface area contributed by atoms with Crippen molar-refractivity contribution in [3.63, 3.8) is 0 Å². The molecule has 0 bridgehead atoms. The Balaban J connectivity index is -0.00000110. The van der Waals surface area contributed by atoms with Crippen molar-refractivity contribution in [1.29, 1.82) is 0 Å². The summed E-state index contributed by atoms with van der Waals surface area (Å²) < 4.78 is 27.7. The van der Waals surface area contributed by atoms with E-state index in [-0.39, 0.29) is 30.5 Å². The lowest BCUT2D eigenvalue weighted by molar-refractivity contribution is 0.222. The van der Waals surface area contributed by atoms with Crippen molar-refractivity contribution in [2.75, 3.05) is 0 Å². The van der Waals surface area contributed by atoms with Crippen LogP contribution in [0.5, 0.6) is 0 Å². The maximum Gasteiger partial charge on any atom is 0.0836 e. The Bertz CT molecular complexity index is 1640. The summed E-state index contributed by atoms with van der Waals surface area (Å²) in [6.07, 6.45) is 93.0. The largest absolute Gasteiger partial charge is 0.358 e. The predicted octanol–water partition coefficient (Wildman–Crippen LogP) is 23.5. The zero-order valence-electron chi connectivity index (χ0n) is 50.7. The van der Waals surface area contributed by atoms with Gasteiger partial charge in [-0.2, -0.15) is 0 Å². The molecule has 13 atom stereocenters. The second-order valence-electron chi connectivity index (χ2n) is 19.0. The molecule has 0 aromatic carbocycles. The smallest absolute Gasteiger partial charge is 0.0836 e. The summed E-state index contributed by atoms with van der Waals surface area (Å²) in [5.74, 6) is 0.475. The lowest BCUT2D eigenvalue weighted by Gasteiger charge is -2.17. The van der Waals surface area contributed by atoms with Crippen molar-refractivity contribution in [3.05, 3.63) is 182 Å². The average molecular weight is 1220 g/mol. The quantitative estimate of drug-likeness (QED) is 0.0263. The van der Waals surface area contributed by atoms with Gasteiger partial charge in [-0.05, 0) is 89.4 Å². The van der Waals surface area contributed by atoms with Gasteiger partial charge in [-0.25, -0.2) is 0 Å². The fraction of sp³-hybridized carbons (Fsp3) is 0.552. The Hall–Kier alpha value is -1.09. The van der Waals surface area contributed by atoms with E-state index >= 15 is 0 Å². The molecule has 0 spiro atoms. The van der Waals surface area contributed by atoms with Crippen LogP contribution in [0.25, 0.3) is 0 Å². The van der Waals surface area contributed by atoms with Crippen LogP contribution >= 0.6 is 63.2 Å². The Morgan fingerprint density at radius 1 is 0.342 bits per heavy atom. The molecule has 0 aliphatic rings. The molecule has 0 rings (SSSR count). The van der Waals surface area contributed by atoms with Crippen LogP contribution in [0, 0.1) is 5.92 Å². The van der Waals surface area contributed by atoms with Gasteiger partial charge in [-0.1, -0.05) is 319 Å². The average Bonchev–Trinajstić information content (AvgIpc) is 3.45. The van der Waals surface area contributed by atoms with Crippen molar-refractivity contribution in [3.8, 4) is 0 Å². The van der Waals surface area contributed by atoms with E-state index in [2.05, 4.69) is 277 Å². The predicted molar refractivity (Wildman–Crippen MR) is 381 cm³/mol. The molecule has 0 N–H and O–H groups in total. The molecular weight excluding hydrogens is 1100 g/mol. The molecule has 79 heavy (non-hydrogen) atoms. The summed E-state index contributed by atoms with van der Waals surface area (Å²) in [6.45, 7) is 15.4. The first-order valence-electron chi connectivity index (χ1n) is 30.0. The highest BCUT2D eigenvalue weighted by atomic mass is 32.0. The van der Waals surface area contributed by atoms with Gasteiger partial charge in [-0.3, -0.25) is 0 Å². The van der Waals surface area contributed by atoms with Crippen molar-refractivity contribution >= 4 is 63.2 Å². The first-order valence-corrected chi connectivity index (χ1v) is 36.9. The lowest BCUT2D eigenvalue weighted by atomic mass is 10.00. The fourth-order valence-electron chi connectivity index (χ4n) is 7.22. The Kier molecular flexibility index (Phi) is 75.9. The monoisotopic (exact) mass is 1220 g/mol. The second-order valence-corrected chi connectivity index (χ2v) is 22.2. The van der Waals surface area contributed by atoms with Crippen LogP contribution in [0.4, 0.5) is 0 Å². The van der Waals surface area contributed by atoms with Gasteiger partial charge in [0.2, 0.25) is 0 Å². The van der Waals surface area contributed by atoms with E-state index in [1.165, 1.54) is 83.5 Å². The third-order valence-corrected chi connectivity index (χ3v) is 14.6. The minimum absolute atomic E-state index is 0.135. The van der Waals surface area contributed by atoms with E-state index in [0.29, 0.717) is 22.9 Å². The molecule has 0 fully saturated rings. The maximum absolute atomic E-state index is 5.70. The molecule has 0 radical (unpaired) electrons. The van der Waals surface area contributed by atoms with Gasteiger partial charge in [0.1, 0.15) is 0 Å². The summed E-state index contributed by atoms with van der Waals surface area (Å²) in [6, 6.07) is 0. The molecule has 0 heterocycles. The second kappa shape index (κ2) is 73.0. The number of hydrogen-bond donors (Lipinski definition) is 0. The van der Waals surface area contributed by atoms with Gasteiger partial charge in [0.15, 0.2) is 0 Å². The summed E-state index contributed by atoms with van der Waals surface area (Å²) in [4.78, 5) is 0. The van der Waals surface area contributed by atoms with E-state index in [0.717, 1.165) is 70.6 Å². The Labute approximate surface area is 504 Å². The van der Waals surface area contributed by atoms with Gasteiger partial charge in [0.25, 0.3) is 0 Å². The van der Waals surface area contributed by atoms with E-state index in [4.69, 9.17) is 22.6 Å². The molecule has 13 unspecified atom stereocenters. The van der Waals surface area contributed by atoms with Gasteiger partial charge < -0.3 is 22.6 Å². The van der Waals surface area contributed by atoms with E-state index in [1.54, 1.807) is 0 Å². The van der Waals surface area contributed by atoms with Crippen LogP contribution in [0.15, 0.2) is 182 Å². The summed E-state index contributed by atoms with van der Waals surface area (Å²) in [5, 5.41) is 0. The number of allylic oxidation sites excluding steroid dienone is 23. The molecule has 0 saturated heterocycles. The molecule has 0 aromatic heterocycles. The van der Waals surface area contributed by atoms with Crippen LogP contribution in [0.2, 0.25) is 0 Å². The minimum Gasteiger partial charge on any atom is -0.358 e. The zero-order valence-corrected chi connectivity index (χ0v) is 58.5. The van der Waals surface area contributed by atoms with Crippen LogP contribution in [0.3, 0.4) is 0 Å². The third kappa shape index (κ3) is 65.9. The number of unbranched alkanes of at least 4 members (excludes halogenated alkanes) is 10. The first-order chi connectivity index (χ1) is 38.8. The van der Waals surface area contributed by atoms with E-state index in [9.17, 15) is 0 Å². The minimum atomic E-state index is 0.135. The van der Waals surface area contributed by atoms with E-state index in [1.807, 2.05) is 0 Å². The molecular formula is C67H117O5P7. The number of hydrogen-bond acceptors (Lipinski definition) is 5. The van der Waals surface area contributed by atoms with Crippen molar-refractivity contribution in [1.82, 2.24) is 0 Å². The fourth-order valence-corrected chi connectivity index (χ4v) is 9.78. The van der Waals surface area contributed by atoms with Gasteiger partial charge in [-0.15, -0.1) is 0 Å². The summed E-state index contributed by atoms with van der Waals surface area (Å²) in [7, 11) is 13.3.